The van der Waals surface area contributed by atoms with Crippen molar-refractivity contribution in [2.75, 3.05) is 7.05 Å². The summed E-state index contributed by atoms with van der Waals surface area (Å²) in [6.45, 7) is 5.92. The SMILES string of the molecule is CNC(Cc1ccc(Cl)cc1F)c1c(C)oc(C)c1C. The van der Waals surface area contributed by atoms with E-state index in [-0.39, 0.29) is 11.9 Å². The Balaban J connectivity index is 2.33. The smallest absolute Gasteiger partial charge is 0.127 e. The lowest BCUT2D eigenvalue weighted by atomic mass is 9.95. The first-order valence-electron chi connectivity index (χ1n) is 6.61. The molecule has 0 aliphatic carbocycles. The minimum absolute atomic E-state index is 0.0168. The van der Waals surface area contributed by atoms with E-state index in [9.17, 15) is 4.39 Å². The lowest BCUT2D eigenvalue weighted by molar-refractivity contribution is 0.487. The third kappa shape index (κ3) is 2.89. The zero-order valence-corrected chi connectivity index (χ0v) is 12.9. The van der Waals surface area contributed by atoms with Crippen molar-refractivity contribution in [3.63, 3.8) is 0 Å². The van der Waals surface area contributed by atoms with Gasteiger partial charge < -0.3 is 9.73 Å². The molecule has 0 spiro atoms. The van der Waals surface area contributed by atoms with Crippen LogP contribution in [-0.2, 0) is 6.42 Å². The molecule has 2 aromatic rings. The van der Waals surface area contributed by atoms with Gasteiger partial charge in [0.15, 0.2) is 0 Å². The zero-order chi connectivity index (χ0) is 14.9. The van der Waals surface area contributed by atoms with Gasteiger partial charge in [0, 0.05) is 16.6 Å². The monoisotopic (exact) mass is 295 g/mol. The van der Waals surface area contributed by atoms with Crippen molar-refractivity contribution in [2.24, 2.45) is 0 Å². The third-order valence-electron chi connectivity index (χ3n) is 3.75. The standard InChI is InChI=1S/C16H19ClFNO/c1-9-10(2)20-11(3)16(9)15(19-4)7-12-5-6-13(17)8-14(12)18/h5-6,8,15,19H,7H2,1-4H3. The molecule has 0 aliphatic heterocycles. The fraction of sp³-hybridized carbons (Fsp3) is 0.375. The molecule has 108 valence electrons. The van der Waals surface area contributed by atoms with Gasteiger partial charge in [-0.2, -0.15) is 0 Å². The maximum absolute atomic E-state index is 13.9. The van der Waals surface area contributed by atoms with E-state index in [0.717, 1.165) is 22.6 Å². The highest BCUT2D eigenvalue weighted by molar-refractivity contribution is 6.30. The number of likely N-dealkylation sites (N-methyl/N-ethyl adjacent to an activating group) is 1. The summed E-state index contributed by atoms with van der Waals surface area (Å²) < 4.78 is 19.6. The van der Waals surface area contributed by atoms with Crippen LogP contribution in [0.1, 0.15) is 34.3 Å². The summed E-state index contributed by atoms with van der Waals surface area (Å²) in [6.07, 6.45) is 0.556. The van der Waals surface area contributed by atoms with Gasteiger partial charge in [0.1, 0.15) is 17.3 Å². The van der Waals surface area contributed by atoms with E-state index in [4.69, 9.17) is 16.0 Å². The fourth-order valence-corrected chi connectivity index (χ4v) is 2.74. The van der Waals surface area contributed by atoms with Gasteiger partial charge in [-0.05, 0) is 57.5 Å². The van der Waals surface area contributed by atoms with Crippen LogP contribution < -0.4 is 5.32 Å². The van der Waals surface area contributed by atoms with Crippen molar-refractivity contribution in [3.8, 4) is 0 Å². The van der Waals surface area contributed by atoms with Crippen LogP contribution in [-0.4, -0.2) is 7.05 Å². The van der Waals surface area contributed by atoms with Crippen molar-refractivity contribution < 1.29 is 8.81 Å². The Hall–Kier alpha value is -1.32. The van der Waals surface area contributed by atoms with E-state index in [1.807, 2.05) is 27.8 Å². The van der Waals surface area contributed by atoms with Gasteiger partial charge in [0.2, 0.25) is 0 Å². The molecule has 2 nitrogen and oxygen atoms in total. The summed E-state index contributed by atoms with van der Waals surface area (Å²) in [5, 5.41) is 3.66. The Bertz CT molecular complexity index is 621. The van der Waals surface area contributed by atoms with E-state index in [0.29, 0.717) is 17.0 Å². The van der Waals surface area contributed by atoms with Crippen molar-refractivity contribution in [1.82, 2.24) is 5.32 Å². The first-order valence-corrected chi connectivity index (χ1v) is 6.99. The molecule has 0 saturated heterocycles. The summed E-state index contributed by atoms with van der Waals surface area (Å²) in [6, 6.07) is 4.82. The molecule has 0 saturated carbocycles. The van der Waals surface area contributed by atoms with Gasteiger partial charge in [0.05, 0.1) is 0 Å². The van der Waals surface area contributed by atoms with Crippen LogP contribution in [0, 0.1) is 26.6 Å². The summed E-state index contributed by atoms with van der Waals surface area (Å²) >= 11 is 5.79. The number of furan rings is 1. The van der Waals surface area contributed by atoms with Gasteiger partial charge in [-0.15, -0.1) is 0 Å². The molecule has 2 rings (SSSR count). The zero-order valence-electron chi connectivity index (χ0n) is 12.2. The van der Waals surface area contributed by atoms with Crippen LogP contribution in [0.3, 0.4) is 0 Å². The number of benzene rings is 1. The third-order valence-corrected chi connectivity index (χ3v) is 3.99. The maximum atomic E-state index is 13.9. The Morgan fingerprint density at radius 1 is 1.25 bits per heavy atom. The molecule has 1 aromatic carbocycles. The van der Waals surface area contributed by atoms with Gasteiger partial charge in [0.25, 0.3) is 0 Å². The quantitative estimate of drug-likeness (QED) is 0.898. The van der Waals surface area contributed by atoms with E-state index < -0.39 is 0 Å². The maximum Gasteiger partial charge on any atom is 0.127 e. The minimum atomic E-state index is -0.270. The Kier molecular flexibility index (Phi) is 4.51. The predicted octanol–water partition coefficient (Wildman–Crippen LogP) is 4.50. The molecule has 1 heterocycles. The van der Waals surface area contributed by atoms with Crippen LogP contribution in [0.4, 0.5) is 4.39 Å². The Labute approximate surface area is 123 Å². The van der Waals surface area contributed by atoms with Gasteiger partial charge >= 0.3 is 0 Å². The Morgan fingerprint density at radius 2 is 1.95 bits per heavy atom. The second kappa shape index (κ2) is 5.98. The van der Waals surface area contributed by atoms with E-state index >= 15 is 0 Å². The first-order chi connectivity index (χ1) is 9.43. The molecule has 0 amide bonds. The molecule has 20 heavy (non-hydrogen) atoms. The average molecular weight is 296 g/mol. The average Bonchev–Trinajstić information content (AvgIpc) is 2.63. The normalized spacial score (nSPS) is 12.7. The van der Waals surface area contributed by atoms with Crippen molar-refractivity contribution in [1.29, 1.82) is 0 Å². The van der Waals surface area contributed by atoms with Crippen LogP contribution >= 0.6 is 11.6 Å². The van der Waals surface area contributed by atoms with Crippen molar-refractivity contribution in [3.05, 3.63) is 57.2 Å². The largest absolute Gasteiger partial charge is 0.466 e. The number of aryl methyl sites for hydroxylation is 2. The lowest BCUT2D eigenvalue weighted by Gasteiger charge is -2.17. The van der Waals surface area contributed by atoms with Gasteiger partial charge in [-0.1, -0.05) is 17.7 Å². The van der Waals surface area contributed by atoms with E-state index in [2.05, 4.69) is 5.32 Å². The lowest BCUT2D eigenvalue weighted by Crippen LogP contribution is -2.20. The first kappa shape index (κ1) is 15.1. The van der Waals surface area contributed by atoms with Crippen LogP contribution in [0.15, 0.2) is 22.6 Å². The second-order valence-corrected chi connectivity index (χ2v) is 5.47. The number of hydrogen-bond donors (Lipinski definition) is 1. The molecule has 0 bridgehead atoms. The van der Waals surface area contributed by atoms with Crippen LogP contribution in [0.2, 0.25) is 5.02 Å². The molecule has 4 heteroatoms. The molecule has 0 aliphatic rings. The summed E-state index contributed by atoms with van der Waals surface area (Å²) in [5.74, 6) is 1.52. The second-order valence-electron chi connectivity index (χ2n) is 5.03. The predicted molar refractivity (Wildman–Crippen MR) is 79.8 cm³/mol. The molecular weight excluding hydrogens is 277 g/mol. The van der Waals surface area contributed by atoms with Crippen molar-refractivity contribution in [2.45, 2.75) is 33.2 Å². The summed E-state index contributed by atoms with van der Waals surface area (Å²) in [4.78, 5) is 0. The van der Waals surface area contributed by atoms with E-state index in [1.54, 1.807) is 12.1 Å². The molecule has 0 fully saturated rings. The number of halogens is 2. The molecule has 1 N–H and O–H groups in total. The van der Waals surface area contributed by atoms with Crippen LogP contribution in [0.5, 0.6) is 0 Å². The fourth-order valence-electron chi connectivity index (χ4n) is 2.58. The van der Waals surface area contributed by atoms with Gasteiger partial charge in [-0.3, -0.25) is 0 Å². The summed E-state index contributed by atoms with van der Waals surface area (Å²) in [5.41, 5.74) is 2.88. The summed E-state index contributed by atoms with van der Waals surface area (Å²) in [7, 11) is 1.87. The molecular formula is C16H19ClFNO. The molecule has 1 atom stereocenters. The topological polar surface area (TPSA) is 25.2 Å². The van der Waals surface area contributed by atoms with Crippen LogP contribution in [0.25, 0.3) is 0 Å². The molecule has 1 unspecified atom stereocenters. The Morgan fingerprint density at radius 3 is 2.45 bits per heavy atom. The highest BCUT2D eigenvalue weighted by Crippen LogP contribution is 2.30. The minimum Gasteiger partial charge on any atom is -0.466 e. The molecule has 1 aromatic heterocycles. The molecule has 0 radical (unpaired) electrons. The highest BCUT2D eigenvalue weighted by atomic mass is 35.5. The number of rotatable bonds is 4. The number of nitrogens with one attached hydrogen (secondary N) is 1. The van der Waals surface area contributed by atoms with Gasteiger partial charge in [-0.25, -0.2) is 4.39 Å². The van der Waals surface area contributed by atoms with E-state index in [1.165, 1.54) is 6.07 Å². The number of hydrogen-bond acceptors (Lipinski definition) is 2. The highest BCUT2D eigenvalue weighted by Gasteiger charge is 2.21. The van der Waals surface area contributed by atoms with Crippen molar-refractivity contribution >= 4 is 11.6 Å².